The fourth-order valence-corrected chi connectivity index (χ4v) is 6.60. The van der Waals surface area contributed by atoms with Gasteiger partial charge in [0.15, 0.2) is 11.7 Å². The molecule has 1 saturated carbocycles. The Morgan fingerprint density at radius 1 is 1.08 bits per heavy atom. The van der Waals surface area contributed by atoms with E-state index in [1.165, 1.54) is 39.8 Å². The third kappa shape index (κ3) is 4.91. The summed E-state index contributed by atoms with van der Waals surface area (Å²) in [5.74, 6) is -5.35. The predicted molar refractivity (Wildman–Crippen MR) is 130 cm³/mol. The molecule has 0 aromatic carbocycles. The predicted octanol–water partition coefficient (Wildman–Crippen LogP) is 1.97. The average molecular weight is 543 g/mol. The molecule has 0 aromatic rings. The number of aliphatic hydroxyl groups is 2. The van der Waals surface area contributed by atoms with Crippen LogP contribution in [0.15, 0.2) is 24.3 Å². The minimum absolute atomic E-state index is 0.0699. The van der Waals surface area contributed by atoms with Gasteiger partial charge in [-0.3, -0.25) is 19.2 Å². The summed E-state index contributed by atoms with van der Waals surface area (Å²) in [6.45, 7) is 12.0. The van der Waals surface area contributed by atoms with Crippen LogP contribution in [0.25, 0.3) is 0 Å². The second-order valence-electron chi connectivity index (χ2n) is 10.7. The molecule has 10 atom stereocenters. The smallest absolute Gasteiger partial charge is 0.312 e. The largest absolute Gasteiger partial charge is 0.462 e. The second-order valence-corrected chi connectivity index (χ2v) is 11.2. The Hall–Kier alpha value is -2.43. The van der Waals surface area contributed by atoms with E-state index in [2.05, 4.69) is 6.58 Å². The van der Waals surface area contributed by atoms with E-state index >= 15 is 0 Å². The first kappa shape index (κ1) is 29.1. The molecule has 0 bridgehead atoms. The van der Waals surface area contributed by atoms with E-state index in [9.17, 15) is 29.4 Å². The highest BCUT2D eigenvalue weighted by molar-refractivity contribution is 6.23. The van der Waals surface area contributed by atoms with Gasteiger partial charge in [-0.2, -0.15) is 0 Å². The van der Waals surface area contributed by atoms with E-state index in [1.807, 2.05) is 0 Å². The molecule has 0 radical (unpaired) electrons. The first-order valence-electron chi connectivity index (χ1n) is 12.2. The van der Waals surface area contributed by atoms with Crippen molar-refractivity contribution in [1.29, 1.82) is 0 Å². The van der Waals surface area contributed by atoms with Gasteiger partial charge in [0.1, 0.15) is 18.3 Å². The molecule has 0 spiro atoms. The fraction of sp³-hybridized carbons (Fsp3) is 0.692. The normalized spacial score (nSPS) is 44.5. The van der Waals surface area contributed by atoms with Gasteiger partial charge in [0.25, 0.3) is 0 Å². The van der Waals surface area contributed by atoms with Gasteiger partial charge < -0.3 is 29.2 Å². The molecule has 3 aliphatic rings. The lowest BCUT2D eigenvalue weighted by Crippen LogP contribution is -2.71. The minimum atomic E-state index is -2.24. The summed E-state index contributed by atoms with van der Waals surface area (Å²) in [6, 6.07) is 0. The van der Waals surface area contributed by atoms with Gasteiger partial charge in [-0.1, -0.05) is 19.6 Å². The Balaban J connectivity index is 2.43. The summed E-state index contributed by atoms with van der Waals surface area (Å²) in [4.78, 5) is 49.7. The highest BCUT2D eigenvalue weighted by atomic mass is 35.5. The van der Waals surface area contributed by atoms with Crippen LogP contribution in [-0.4, -0.2) is 75.1 Å². The number of carbonyl (C=O) groups excluding carboxylic acids is 4. The van der Waals surface area contributed by atoms with Crippen LogP contribution in [0, 0.1) is 17.3 Å². The zero-order valence-electron chi connectivity index (χ0n) is 21.9. The first-order valence-corrected chi connectivity index (χ1v) is 12.6. The van der Waals surface area contributed by atoms with Gasteiger partial charge in [-0.25, -0.2) is 0 Å². The molecular formula is C26H35ClO10. The van der Waals surface area contributed by atoms with Crippen LogP contribution < -0.4 is 0 Å². The molecule has 2 N–H and O–H groups in total. The Bertz CT molecular complexity index is 1020. The van der Waals surface area contributed by atoms with Crippen molar-refractivity contribution in [2.45, 2.75) is 95.4 Å². The zero-order valence-corrected chi connectivity index (χ0v) is 22.6. The maximum Gasteiger partial charge on any atom is 0.312 e. The number of hydrogen-bond acceptors (Lipinski definition) is 10. The summed E-state index contributed by atoms with van der Waals surface area (Å²) >= 11 is 6.66. The molecule has 1 aliphatic heterocycles. The van der Waals surface area contributed by atoms with Crippen molar-refractivity contribution in [3.63, 3.8) is 0 Å². The summed E-state index contributed by atoms with van der Waals surface area (Å²) in [5, 5.41) is 23.0. The zero-order chi connectivity index (χ0) is 28.1. The van der Waals surface area contributed by atoms with E-state index < -0.39 is 82.1 Å². The number of alkyl halides is 1. The van der Waals surface area contributed by atoms with Crippen LogP contribution in [0.4, 0.5) is 0 Å². The molecular weight excluding hydrogens is 508 g/mol. The molecule has 0 amide bonds. The standard InChI is InChI=1S/C26H35ClO10/c1-12-8-9-17(34-14(3)28)25(7)18(35-15(4)29)10-11-24(6,32)20(25)22(36-16(5)30)26(33)13(2)23(31)37-21(26)19(12)27/h8-9,13,17-22,32-33H,1,10-11H2,2-7H3/b9-8-/t13-,17-,18-,19-,20-,21-,22-,24+,25-,26-/m0/s1. The maximum absolute atomic E-state index is 12.8. The van der Waals surface area contributed by atoms with Crippen LogP contribution in [-0.2, 0) is 38.1 Å². The highest BCUT2D eigenvalue weighted by Crippen LogP contribution is 2.57. The molecule has 2 fully saturated rings. The number of allylic oxidation sites excluding steroid dienone is 1. The van der Waals surface area contributed by atoms with Crippen molar-refractivity contribution in [3.8, 4) is 0 Å². The Morgan fingerprint density at radius 2 is 1.65 bits per heavy atom. The van der Waals surface area contributed by atoms with Gasteiger partial charge in [0.05, 0.1) is 22.3 Å². The number of halogens is 1. The van der Waals surface area contributed by atoms with E-state index in [4.69, 9.17) is 30.5 Å². The summed E-state index contributed by atoms with van der Waals surface area (Å²) in [5.41, 5.74) is -5.15. The average Bonchev–Trinajstić information content (AvgIpc) is 3.00. The lowest BCUT2D eigenvalue weighted by atomic mass is 9.52. The fourth-order valence-electron chi connectivity index (χ4n) is 6.28. The van der Waals surface area contributed by atoms with Crippen LogP contribution >= 0.6 is 11.6 Å². The molecule has 37 heavy (non-hydrogen) atoms. The van der Waals surface area contributed by atoms with Gasteiger partial charge in [-0.05, 0) is 38.3 Å². The lowest BCUT2D eigenvalue weighted by Gasteiger charge is -2.59. The van der Waals surface area contributed by atoms with Crippen molar-refractivity contribution in [2.24, 2.45) is 17.3 Å². The van der Waals surface area contributed by atoms with Crippen LogP contribution in [0.1, 0.15) is 54.4 Å². The SMILES string of the molecule is C=C1/C=C\[C@H](OC(C)=O)[C@@]2(C)[C@@H](OC(C)=O)CC[C@@](C)(O)[C@@H]2[C@H](OC(C)=O)[C@]2(O)[C@@H](C)C(=O)O[C@H]2[C@H]1Cl. The Labute approximate surface area is 220 Å². The summed E-state index contributed by atoms with van der Waals surface area (Å²) < 4.78 is 22.6. The first-order chi connectivity index (χ1) is 17.0. The quantitative estimate of drug-likeness (QED) is 0.308. The molecule has 11 heteroatoms. The van der Waals surface area contributed by atoms with Crippen LogP contribution in [0.3, 0.4) is 0 Å². The molecule has 10 nitrogen and oxygen atoms in total. The number of fused-ring (bicyclic) bond motifs is 2. The van der Waals surface area contributed by atoms with E-state index in [0.717, 1.165) is 6.92 Å². The van der Waals surface area contributed by atoms with Gasteiger partial charge in [-0.15, -0.1) is 11.6 Å². The van der Waals surface area contributed by atoms with Crippen LogP contribution in [0.2, 0.25) is 0 Å². The molecule has 0 aromatic heterocycles. The van der Waals surface area contributed by atoms with E-state index in [1.54, 1.807) is 6.92 Å². The number of esters is 4. The maximum atomic E-state index is 12.8. The van der Waals surface area contributed by atoms with Crippen molar-refractivity contribution in [2.75, 3.05) is 0 Å². The third-order valence-corrected chi connectivity index (χ3v) is 8.57. The molecule has 3 rings (SSSR count). The molecule has 1 heterocycles. The number of ether oxygens (including phenoxy) is 4. The summed E-state index contributed by atoms with van der Waals surface area (Å²) in [7, 11) is 0. The van der Waals surface area contributed by atoms with Crippen molar-refractivity contribution in [1.82, 2.24) is 0 Å². The minimum Gasteiger partial charge on any atom is -0.462 e. The van der Waals surface area contributed by atoms with Crippen molar-refractivity contribution >= 4 is 35.5 Å². The topological polar surface area (TPSA) is 146 Å². The Morgan fingerprint density at radius 3 is 2.19 bits per heavy atom. The number of rotatable bonds is 3. The third-order valence-electron chi connectivity index (χ3n) is 8.06. The molecule has 1 saturated heterocycles. The van der Waals surface area contributed by atoms with E-state index in [-0.39, 0.29) is 18.4 Å². The van der Waals surface area contributed by atoms with Crippen molar-refractivity contribution < 1.29 is 48.3 Å². The number of carbonyl (C=O) groups is 4. The molecule has 2 aliphatic carbocycles. The van der Waals surface area contributed by atoms with Gasteiger partial charge in [0, 0.05) is 26.7 Å². The molecule has 0 unspecified atom stereocenters. The lowest BCUT2D eigenvalue weighted by molar-refractivity contribution is -0.264. The second kappa shape index (κ2) is 10.0. The summed E-state index contributed by atoms with van der Waals surface area (Å²) in [6.07, 6.45) is -1.89. The molecule has 206 valence electrons. The van der Waals surface area contributed by atoms with E-state index in [0.29, 0.717) is 0 Å². The van der Waals surface area contributed by atoms with Gasteiger partial charge in [0.2, 0.25) is 0 Å². The number of hydrogen-bond donors (Lipinski definition) is 2. The highest BCUT2D eigenvalue weighted by Gasteiger charge is 2.71. The monoisotopic (exact) mass is 542 g/mol. The van der Waals surface area contributed by atoms with Crippen molar-refractivity contribution in [3.05, 3.63) is 24.3 Å². The van der Waals surface area contributed by atoms with Gasteiger partial charge >= 0.3 is 23.9 Å². The Kier molecular flexibility index (Phi) is 7.90. The van der Waals surface area contributed by atoms with Crippen LogP contribution in [0.5, 0.6) is 0 Å².